The van der Waals surface area contributed by atoms with E-state index < -0.39 is 0 Å². The minimum atomic E-state index is -0.231. The van der Waals surface area contributed by atoms with Gasteiger partial charge in [-0.2, -0.15) is 0 Å². The zero-order valence-corrected chi connectivity index (χ0v) is 22.9. The van der Waals surface area contributed by atoms with Crippen LogP contribution in [-0.2, 0) is 9.59 Å². The summed E-state index contributed by atoms with van der Waals surface area (Å²) in [5.74, 6) is -0.239. The second kappa shape index (κ2) is 11.6. The number of hydrogen-bond donors (Lipinski definition) is 2. The minimum Gasteiger partial charge on any atom is -0.326 e. The van der Waals surface area contributed by atoms with Crippen LogP contribution in [0.4, 0.5) is 17.1 Å². The van der Waals surface area contributed by atoms with Crippen molar-refractivity contribution < 1.29 is 14.4 Å². The molecule has 7 nitrogen and oxygen atoms in total. The highest BCUT2D eigenvalue weighted by atomic mass is 35.5. The Morgan fingerprint density at radius 2 is 1.72 bits per heavy atom. The highest BCUT2D eigenvalue weighted by molar-refractivity contribution is 6.30. The van der Waals surface area contributed by atoms with E-state index >= 15 is 0 Å². The Bertz CT molecular complexity index is 1350. The van der Waals surface area contributed by atoms with Gasteiger partial charge in [-0.05, 0) is 92.9 Å². The lowest BCUT2D eigenvalue weighted by Gasteiger charge is -2.43. The fourth-order valence-corrected chi connectivity index (χ4v) is 5.80. The standard InChI is InChI=1S/C31H33ClN4O3/c1-20-18-29(36(21(2)37)26-15-11-24(32)12-16-26)27-7-3-4-8-28(27)35(20)31(39)22-9-13-25(14-10-22)34-30(38)23-6-5-17-33-19-23/h3-4,7-16,20,23,29,33H,5-6,17-19H2,1-2H3,(H,34,38). The number of amides is 3. The van der Waals surface area contributed by atoms with Crippen molar-refractivity contribution in [2.45, 2.75) is 45.2 Å². The third-order valence-corrected chi connectivity index (χ3v) is 7.85. The van der Waals surface area contributed by atoms with E-state index in [0.29, 0.717) is 29.2 Å². The van der Waals surface area contributed by atoms with E-state index in [-0.39, 0.29) is 35.7 Å². The monoisotopic (exact) mass is 544 g/mol. The van der Waals surface area contributed by atoms with E-state index in [2.05, 4.69) is 10.6 Å². The van der Waals surface area contributed by atoms with Gasteiger partial charge in [0.15, 0.2) is 0 Å². The summed E-state index contributed by atoms with van der Waals surface area (Å²) in [5, 5.41) is 6.85. The lowest BCUT2D eigenvalue weighted by Crippen LogP contribution is -2.47. The van der Waals surface area contributed by atoms with Crippen LogP contribution in [0.25, 0.3) is 0 Å². The van der Waals surface area contributed by atoms with Gasteiger partial charge in [0.25, 0.3) is 5.91 Å². The molecule has 1 saturated heterocycles. The molecule has 0 spiro atoms. The lowest BCUT2D eigenvalue weighted by atomic mass is 9.89. The lowest BCUT2D eigenvalue weighted by molar-refractivity contribution is -0.120. The Labute approximate surface area is 234 Å². The van der Waals surface area contributed by atoms with Crippen LogP contribution in [0.2, 0.25) is 5.02 Å². The summed E-state index contributed by atoms with van der Waals surface area (Å²) in [5.41, 5.74) is 3.68. The molecular formula is C31H33ClN4O3. The number of piperidine rings is 1. The van der Waals surface area contributed by atoms with Crippen LogP contribution in [-0.4, -0.2) is 36.9 Å². The summed E-state index contributed by atoms with van der Waals surface area (Å²) in [6, 6.07) is 21.7. The van der Waals surface area contributed by atoms with Crippen LogP contribution >= 0.6 is 11.6 Å². The highest BCUT2D eigenvalue weighted by Gasteiger charge is 2.38. The number of hydrogen-bond acceptors (Lipinski definition) is 4. The molecule has 0 saturated carbocycles. The van der Waals surface area contributed by atoms with E-state index in [1.165, 1.54) is 0 Å². The van der Waals surface area contributed by atoms with Crippen LogP contribution in [0.3, 0.4) is 0 Å². The number of rotatable bonds is 5. The third-order valence-electron chi connectivity index (χ3n) is 7.60. The highest BCUT2D eigenvalue weighted by Crippen LogP contribution is 2.43. The first-order valence-electron chi connectivity index (χ1n) is 13.4. The van der Waals surface area contributed by atoms with Crippen molar-refractivity contribution in [1.82, 2.24) is 5.32 Å². The predicted molar refractivity (Wildman–Crippen MR) is 155 cm³/mol. The van der Waals surface area contributed by atoms with E-state index in [9.17, 15) is 14.4 Å². The first kappa shape index (κ1) is 26.9. The second-order valence-corrected chi connectivity index (χ2v) is 10.7. The van der Waals surface area contributed by atoms with Crippen molar-refractivity contribution in [2.75, 3.05) is 28.2 Å². The molecule has 202 valence electrons. The summed E-state index contributed by atoms with van der Waals surface area (Å²) in [7, 11) is 0. The number of carbonyl (C=O) groups excluding carboxylic acids is 3. The number of halogens is 1. The molecule has 2 heterocycles. The van der Waals surface area contributed by atoms with Crippen LogP contribution in [0.5, 0.6) is 0 Å². The molecule has 3 aromatic rings. The molecule has 2 aliphatic heterocycles. The molecule has 3 amide bonds. The van der Waals surface area contributed by atoms with Gasteiger partial charge >= 0.3 is 0 Å². The quantitative estimate of drug-likeness (QED) is 0.424. The minimum absolute atomic E-state index is 0.00149. The molecule has 2 aliphatic rings. The largest absolute Gasteiger partial charge is 0.326 e. The van der Waals surface area contributed by atoms with Gasteiger partial charge in [0.1, 0.15) is 0 Å². The van der Waals surface area contributed by atoms with Crippen LogP contribution in [0.15, 0.2) is 72.8 Å². The average molecular weight is 545 g/mol. The fraction of sp³-hybridized carbons (Fsp3) is 0.323. The first-order valence-corrected chi connectivity index (χ1v) is 13.8. The first-order chi connectivity index (χ1) is 18.8. The Balaban J connectivity index is 1.39. The Kier molecular flexibility index (Phi) is 8.00. The van der Waals surface area contributed by atoms with Crippen molar-refractivity contribution in [1.29, 1.82) is 0 Å². The topological polar surface area (TPSA) is 81.8 Å². The SMILES string of the molecule is CC(=O)N(c1ccc(Cl)cc1)C1CC(C)N(C(=O)c2ccc(NC(=O)C3CCCNC3)cc2)c2ccccc21. The molecule has 1 fully saturated rings. The van der Waals surface area contributed by atoms with Gasteiger partial charge in [-0.1, -0.05) is 29.8 Å². The fourth-order valence-electron chi connectivity index (χ4n) is 5.67. The molecule has 5 rings (SSSR count). The van der Waals surface area contributed by atoms with Crippen molar-refractivity contribution in [3.05, 3.63) is 88.9 Å². The molecule has 39 heavy (non-hydrogen) atoms. The van der Waals surface area contributed by atoms with Crippen LogP contribution in [0.1, 0.15) is 55.1 Å². The van der Waals surface area contributed by atoms with Crippen molar-refractivity contribution >= 4 is 46.4 Å². The molecule has 3 aromatic carbocycles. The summed E-state index contributed by atoms with van der Waals surface area (Å²) < 4.78 is 0. The molecule has 2 N–H and O–H groups in total. The van der Waals surface area contributed by atoms with Gasteiger partial charge in [0.2, 0.25) is 11.8 Å². The molecule has 3 atom stereocenters. The van der Waals surface area contributed by atoms with Crippen LogP contribution < -0.4 is 20.4 Å². The van der Waals surface area contributed by atoms with E-state index in [4.69, 9.17) is 11.6 Å². The number of carbonyl (C=O) groups is 3. The zero-order valence-electron chi connectivity index (χ0n) is 22.2. The van der Waals surface area contributed by atoms with Gasteiger partial charge in [0, 0.05) is 47.2 Å². The van der Waals surface area contributed by atoms with Crippen molar-refractivity contribution in [3.8, 4) is 0 Å². The maximum atomic E-state index is 13.8. The second-order valence-electron chi connectivity index (χ2n) is 10.3. The zero-order chi connectivity index (χ0) is 27.5. The van der Waals surface area contributed by atoms with Crippen molar-refractivity contribution in [3.63, 3.8) is 0 Å². The normalized spacial score (nSPS) is 20.6. The summed E-state index contributed by atoms with van der Waals surface area (Å²) in [6.45, 7) is 5.21. The van der Waals surface area contributed by atoms with Gasteiger partial charge in [-0.15, -0.1) is 0 Å². The van der Waals surface area contributed by atoms with E-state index in [1.807, 2.05) is 48.2 Å². The van der Waals surface area contributed by atoms with E-state index in [0.717, 1.165) is 36.3 Å². The number of fused-ring (bicyclic) bond motifs is 1. The molecule has 0 radical (unpaired) electrons. The van der Waals surface area contributed by atoms with Gasteiger partial charge in [0.05, 0.1) is 12.0 Å². The number of para-hydroxylation sites is 1. The molecule has 0 aliphatic carbocycles. The third kappa shape index (κ3) is 5.70. The number of nitrogens with zero attached hydrogens (tertiary/aromatic N) is 2. The maximum Gasteiger partial charge on any atom is 0.258 e. The van der Waals surface area contributed by atoms with E-state index in [1.54, 1.807) is 48.2 Å². The summed E-state index contributed by atoms with van der Waals surface area (Å²) in [4.78, 5) is 42.9. The number of nitrogens with one attached hydrogen (secondary N) is 2. The molecular weight excluding hydrogens is 512 g/mol. The predicted octanol–water partition coefficient (Wildman–Crippen LogP) is 5.81. The summed E-state index contributed by atoms with van der Waals surface area (Å²) >= 11 is 6.10. The number of benzene rings is 3. The smallest absolute Gasteiger partial charge is 0.258 e. The molecule has 8 heteroatoms. The maximum absolute atomic E-state index is 13.8. The van der Waals surface area contributed by atoms with Gasteiger partial charge in [-0.25, -0.2) is 0 Å². The summed E-state index contributed by atoms with van der Waals surface area (Å²) in [6.07, 6.45) is 2.45. The van der Waals surface area contributed by atoms with Gasteiger partial charge in [-0.3, -0.25) is 14.4 Å². The van der Waals surface area contributed by atoms with Crippen molar-refractivity contribution in [2.24, 2.45) is 5.92 Å². The average Bonchev–Trinajstić information content (AvgIpc) is 2.94. The Morgan fingerprint density at radius 3 is 2.38 bits per heavy atom. The molecule has 0 aromatic heterocycles. The van der Waals surface area contributed by atoms with Gasteiger partial charge < -0.3 is 20.4 Å². The molecule has 3 unspecified atom stereocenters. The molecule has 0 bridgehead atoms. The Hall–Kier alpha value is -3.68. The number of anilines is 3. The Morgan fingerprint density at radius 1 is 1.00 bits per heavy atom. The van der Waals surface area contributed by atoms with Crippen LogP contribution in [0, 0.1) is 5.92 Å².